The molecule has 0 aliphatic rings. The van der Waals surface area contributed by atoms with Crippen molar-refractivity contribution in [1.29, 1.82) is 0 Å². The van der Waals surface area contributed by atoms with Gasteiger partial charge in [0.25, 0.3) is 0 Å². The number of allylic oxidation sites excluding steroid dienone is 6. The first kappa shape index (κ1) is 59.6. The Labute approximate surface area is 385 Å². The van der Waals surface area contributed by atoms with Crippen molar-refractivity contribution in [3.8, 4) is 0 Å². The molecule has 6 heteroatoms. The zero-order chi connectivity index (χ0) is 45.1. The van der Waals surface area contributed by atoms with E-state index in [1.807, 2.05) is 0 Å². The Morgan fingerprint density at radius 2 is 0.613 bits per heavy atom. The van der Waals surface area contributed by atoms with E-state index < -0.39 is 6.10 Å². The fourth-order valence-electron chi connectivity index (χ4n) is 7.77. The number of hydrogen-bond acceptors (Lipinski definition) is 6. The summed E-state index contributed by atoms with van der Waals surface area (Å²) in [4.78, 5) is 37.5. The summed E-state index contributed by atoms with van der Waals surface area (Å²) in [6.45, 7) is 6.49. The van der Waals surface area contributed by atoms with Gasteiger partial charge in [-0.2, -0.15) is 0 Å². The number of ether oxygens (including phenoxy) is 3. The summed E-state index contributed by atoms with van der Waals surface area (Å²) in [5.41, 5.74) is 0. The number of rotatable bonds is 49. The summed E-state index contributed by atoms with van der Waals surface area (Å²) in [6, 6.07) is 0. The molecule has 0 saturated heterocycles. The molecule has 0 aliphatic carbocycles. The molecular formula is C56H102O6. The molecule has 0 amide bonds. The standard InChI is InChI=1S/C56H102O6/c1-4-7-10-13-15-17-19-20-21-22-23-24-25-26-27-28-29-30-31-32-33-34-35-36-37-39-40-43-46-49-55(58)61-52-53(51-60-54(57)48-45-42-12-9-6-3)62-56(59)50-47-44-41-38-18-16-14-11-8-5-2/h11,14,19-20,22-23,53H,4-10,12-13,15-18,21,24-52H2,1-3H3/b14-11-,20-19-,23-22-. The monoisotopic (exact) mass is 871 g/mol. The lowest BCUT2D eigenvalue weighted by Crippen LogP contribution is -2.30. The lowest BCUT2D eigenvalue weighted by Gasteiger charge is -2.18. The molecule has 1 unspecified atom stereocenters. The SMILES string of the molecule is CCC/C=C\CCCCCCCC(=O)OC(COC(=O)CCCCCCC)COC(=O)CCCCCCCCCCCCCCCCCCC/C=C\C/C=C\CCCCCCC. The normalized spacial score (nSPS) is 12.2. The van der Waals surface area contributed by atoms with E-state index in [4.69, 9.17) is 14.2 Å². The van der Waals surface area contributed by atoms with Gasteiger partial charge < -0.3 is 14.2 Å². The number of carbonyl (C=O) groups excluding carboxylic acids is 3. The van der Waals surface area contributed by atoms with Crippen LogP contribution in [0.5, 0.6) is 0 Å². The van der Waals surface area contributed by atoms with Crippen LogP contribution in [0.1, 0.15) is 284 Å². The predicted molar refractivity (Wildman–Crippen MR) is 266 cm³/mol. The van der Waals surface area contributed by atoms with E-state index in [1.165, 1.54) is 154 Å². The Hall–Kier alpha value is -2.37. The minimum Gasteiger partial charge on any atom is -0.462 e. The van der Waals surface area contributed by atoms with Gasteiger partial charge in [0.2, 0.25) is 0 Å². The fraction of sp³-hybridized carbons (Fsp3) is 0.839. The first-order chi connectivity index (χ1) is 30.5. The lowest BCUT2D eigenvalue weighted by molar-refractivity contribution is -0.167. The molecule has 6 nitrogen and oxygen atoms in total. The van der Waals surface area contributed by atoms with Gasteiger partial charge in [0.05, 0.1) is 0 Å². The summed E-state index contributed by atoms with van der Waals surface area (Å²) >= 11 is 0. The topological polar surface area (TPSA) is 78.9 Å². The smallest absolute Gasteiger partial charge is 0.306 e. The van der Waals surface area contributed by atoms with Gasteiger partial charge in [-0.05, 0) is 70.6 Å². The molecule has 0 heterocycles. The van der Waals surface area contributed by atoms with Crippen LogP contribution >= 0.6 is 0 Å². The quantitative estimate of drug-likeness (QED) is 0.0262. The zero-order valence-corrected chi connectivity index (χ0v) is 41.4. The van der Waals surface area contributed by atoms with Gasteiger partial charge in [-0.3, -0.25) is 14.4 Å². The van der Waals surface area contributed by atoms with Crippen LogP contribution < -0.4 is 0 Å². The molecule has 0 fully saturated rings. The molecule has 0 saturated carbocycles. The molecule has 0 N–H and O–H groups in total. The van der Waals surface area contributed by atoms with Crippen LogP contribution in [-0.2, 0) is 28.6 Å². The summed E-state index contributed by atoms with van der Waals surface area (Å²) in [5, 5.41) is 0. The van der Waals surface area contributed by atoms with Gasteiger partial charge in [-0.25, -0.2) is 0 Å². The predicted octanol–water partition coefficient (Wildman–Crippen LogP) is 17.7. The maximum absolute atomic E-state index is 12.6. The van der Waals surface area contributed by atoms with Crippen LogP contribution in [0.3, 0.4) is 0 Å². The Morgan fingerprint density at radius 1 is 0.323 bits per heavy atom. The highest BCUT2D eigenvalue weighted by Crippen LogP contribution is 2.16. The van der Waals surface area contributed by atoms with Gasteiger partial charge in [0.1, 0.15) is 13.2 Å². The van der Waals surface area contributed by atoms with Gasteiger partial charge in [0, 0.05) is 19.3 Å². The van der Waals surface area contributed by atoms with Gasteiger partial charge in [0.15, 0.2) is 6.10 Å². The highest BCUT2D eigenvalue weighted by Gasteiger charge is 2.19. The fourth-order valence-corrected chi connectivity index (χ4v) is 7.77. The van der Waals surface area contributed by atoms with E-state index in [9.17, 15) is 14.4 Å². The van der Waals surface area contributed by atoms with Crippen molar-refractivity contribution >= 4 is 17.9 Å². The minimum absolute atomic E-state index is 0.0732. The molecule has 0 aliphatic heterocycles. The van der Waals surface area contributed by atoms with E-state index in [2.05, 4.69) is 57.2 Å². The molecular weight excluding hydrogens is 769 g/mol. The highest BCUT2D eigenvalue weighted by molar-refractivity contribution is 5.71. The maximum Gasteiger partial charge on any atom is 0.306 e. The summed E-state index contributed by atoms with van der Waals surface area (Å²) in [5.74, 6) is -0.891. The van der Waals surface area contributed by atoms with Crippen LogP contribution in [0.4, 0.5) is 0 Å². The summed E-state index contributed by atoms with van der Waals surface area (Å²) in [7, 11) is 0. The van der Waals surface area contributed by atoms with Crippen LogP contribution in [0.25, 0.3) is 0 Å². The van der Waals surface area contributed by atoms with Gasteiger partial charge >= 0.3 is 17.9 Å². The van der Waals surface area contributed by atoms with Crippen molar-refractivity contribution < 1.29 is 28.6 Å². The Kier molecular flexibility index (Phi) is 49.3. The van der Waals surface area contributed by atoms with Crippen molar-refractivity contribution in [2.24, 2.45) is 0 Å². The van der Waals surface area contributed by atoms with E-state index in [0.29, 0.717) is 19.3 Å². The molecule has 62 heavy (non-hydrogen) atoms. The molecule has 0 rings (SSSR count). The Balaban J connectivity index is 3.90. The molecule has 0 spiro atoms. The summed E-state index contributed by atoms with van der Waals surface area (Å²) < 4.78 is 16.6. The molecule has 0 radical (unpaired) electrons. The average molecular weight is 871 g/mol. The molecule has 0 aromatic carbocycles. The molecule has 0 bridgehead atoms. The van der Waals surface area contributed by atoms with Crippen LogP contribution in [0.15, 0.2) is 36.5 Å². The number of hydrogen-bond donors (Lipinski definition) is 0. The lowest BCUT2D eigenvalue weighted by atomic mass is 10.0. The number of carbonyl (C=O) groups is 3. The van der Waals surface area contributed by atoms with Crippen molar-refractivity contribution in [2.45, 2.75) is 290 Å². The largest absolute Gasteiger partial charge is 0.462 e. The third-order valence-corrected chi connectivity index (χ3v) is 11.8. The third kappa shape index (κ3) is 48.7. The van der Waals surface area contributed by atoms with Crippen molar-refractivity contribution in [2.75, 3.05) is 13.2 Å². The van der Waals surface area contributed by atoms with Gasteiger partial charge in [-0.15, -0.1) is 0 Å². The third-order valence-electron chi connectivity index (χ3n) is 11.8. The first-order valence-corrected chi connectivity index (χ1v) is 27.0. The molecule has 0 aromatic heterocycles. The minimum atomic E-state index is -0.768. The maximum atomic E-state index is 12.6. The Morgan fingerprint density at radius 3 is 0.968 bits per heavy atom. The number of unbranched alkanes of at least 4 members (excludes halogenated alkanes) is 32. The zero-order valence-electron chi connectivity index (χ0n) is 41.4. The molecule has 0 aromatic rings. The average Bonchev–Trinajstić information content (AvgIpc) is 3.27. The molecule has 362 valence electrons. The second-order valence-electron chi connectivity index (χ2n) is 18.1. The number of esters is 3. The van der Waals surface area contributed by atoms with Crippen molar-refractivity contribution in [1.82, 2.24) is 0 Å². The van der Waals surface area contributed by atoms with Crippen LogP contribution in [-0.4, -0.2) is 37.2 Å². The van der Waals surface area contributed by atoms with Crippen molar-refractivity contribution in [3.05, 3.63) is 36.5 Å². The van der Waals surface area contributed by atoms with Gasteiger partial charge in [-0.1, -0.05) is 231 Å². The second kappa shape index (κ2) is 51.3. The second-order valence-corrected chi connectivity index (χ2v) is 18.1. The van der Waals surface area contributed by atoms with Crippen LogP contribution in [0.2, 0.25) is 0 Å². The van der Waals surface area contributed by atoms with Crippen LogP contribution in [0, 0.1) is 0 Å². The van der Waals surface area contributed by atoms with E-state index >= 15 is 0 Å². The van der Waals surface area contributed by atoms with Crippen molar-refractivity contribution in [3.63, 3.8) is 0 Å². The Bertz CT molecular complexity index is 1050. The highest BCUT2D eigenvalue weighted by atomic mass is 16.6. The van der Waals surface area contributed by atoms with E-state index in [0.717, 1.165) is 89.9 Å². The first-order valence-electron chi connectivity index (χ1n) is 27.0. The van der Waals surface area contributed by atoms with E-state index in [-0.39, 0.29) is 31.1 Å². The van der Waals surface area contributed by atoms with E-state index in [1.54, 1.807) is 0 Å². The molecule has 1 atom stereocenters. The summed E-state index contributed by atoms with van der Waals surface area (Å²) in [6.07, 6.45) is 60.6.